The summed E-state index contributed by atoms with van der Waals surface area (Å²) in [6.07, 6.45) is 3.06. The SMILES string of the molecule is O=C(/C=C/c1ccc(Cl)cc1Cl)c1ccc(OC(=O)c2ccc(Br)cc2)cc1. The number of allylic oxidation sites excluding steroid dienone is 1. The molecular formula is C22H13BrCl2O3. The number of halogens is 3. The number of ether oxygens (including phenoxy) is 1. The molecule has 3 nitrogen and oxygen atoms in total. The molecule has 0 saturated carbocycles. The topological polar surface area (TPSA) is 43.4 Å². The van der Waals surface area contributed by atoms with E-state index in [1.165, 1.54) is 6.08 Å². The minimum absolute atomic E-state index is 0.197. The highest BCUT2D eigenvalue weighted by Crippen LogP contribution is 2.22. The van der Waals surface area contributed by atoms with E-state index in [-0.39, 0.29) is 5.78 Å². The number of ketones is 1. The molecule has 0 amide bonds. The lowest BCUT2D eigenvalue weighted by atomic mass is 10.1. The van der Waals surface area contributed by atoms with Gasteiger partial charge in [0, 0.05) is 20.1 Å². The molecule has 0 radical (unpaired) electrons. The Morgan fingerprint density at radius 2 is 1.50 bits per heavy atom. The van der Waals surface area contributed by atoms with Gasteiger partial charge in [0.2, 0.25) is 0 Å². The maximum atomic E-state index is 12.3. The summed E-state index contributed by atoms with van der Waals surface area (Å²) in [4.78, 5) is 24.4. The van der Waals surface area contributed by atoms with Gasteiger partial charge in [-0.15, -0.1) is 0 Å². The van der Waals surface area contributed by atoms with Crippen LogP contribution in [0.1, 0.15) is 26.3 Å². The first-order valence-corrected chi connectivity index (χ1v) is 9.72. The molecule has 0 atom stereocenters. The van der Waals surface area contributed by atoms with E-state index >= 15 is 0 Å². The number of esters is 1. The van der Waals surface area contributed by atoms with Crippen LogP contribution in [-0.2, 0) is 0 Å². The zero-order valence-electron chi connectivity index (χ0n) is 14.4. The largest absolute Gasteiger partial charge is 0.423 e. The van der Waals surface area contributed by atoms with E-state index in [2.05, 4.69) is 15.9 Å². The fraction of sp³-hybridized carbons (Fsp3) is 0. The Hall–Kier alpha value is -2.40. The molecule has 0 heterocycles. The molecule has 140 valence electrons. The van der Waals surface area contributed by atoms with Crippen molar-refractivity contribution in [1.82, 2.24) is 0 Å². The summed E-state index contributed by atoms with van der Waals surface area (Å²) in [6.45, 7) is 0. The van der Waals surface area contributed by atoms with Crippen molar-refractivity contribution < 1.29 is 14.3 Å². The van der Waals surface area contributed by atoms with Crippen molar-refractivity contribution in [1.29, 1.82) is 0 Å². The van der Waals surface area contributed by atoms with Crippen molar-refractivity contribution in [2.45, 2.75) is 0 Å². The Morgan fingerprint density at radius 3 is 2.14 bits per heavy atom. The third-order valence-electron chi connectivity index (χ3n) is 3.81. The van der Waals surface area contributed by atoms with Crippen LogP contribution in [0.25, 0.3) is 6.08 Å². The third-order valence-corrected chi connectivity index (χ3v) is 4.90. The first kappa shape index (κ1) is 20.3. The number of rotatable bonds is 5. The highest BCUT2D eigenvalue weighted by Gasteiger charge is 2.09. The monoisotopic (exact) mass is 474 g/mol. The number of carbonyl (C=O) groups excluding carboxylic acids is 2. The highest BCUT2D eigenvalue weighted by molar-refractivity contribution is 9.10. The Morgan fingerprint density at radius 1 is 0.857 bits per heavy atom. The van der Waals surface area contributed by atoms with Crippen LogP contribution in [0.4, 0.5) is 0 Å². The third kappa shape index (κ3) is 5.32. The Kier molecular flexibility index (Phi) is 6.68. The van der Waals surface area contributed by atoms with Gasteiger partial charge in [0.15, 0.2) is 5.78 Å². The minimum Gasteiger partial charge on any atom is -0.423 e. The van der Waals surface area contributed by atoms with Crippen molar-refractivity contribution in [2.75, 3.05) is 0 Å². The molecule has 3 rings (SSSR count). The van der Waals surface area contributed by atoms with Gasteiger partial charge in [-0.2, -0.15) is 0 Å². The predicted molar refractivity (Wildman–Crippen MR) is 115 cm³/mol. The van der Waals surface area contributed by atoms with Crippen LogP contribution < -0.4 is 4.74 Å². The molecule has 3 aromatic rings. The van der Waals surface area contributed by atoms with Gasteiger partial charge in [-0.1, -0.05) is 45.2 Å². The molecule has 28 heavy (non-hydrogen) atoms. The summed E-state index contributed by atoms with van der Waals surface area (Å²) in [7, 11) is 0. The highest BCUT2D eigenvalue weighted by atomic mass is 79.9. The fourth-order valence-electron chi connectivity index (χ4n) is 2.34. The average Bonchev–Trinajstić information content (AvgIpc) is 2.68. The van der Waals surface area contributed by atoms with Crippen LogP contribution in [0.2, 0.25) is 10.0 Å². The Balaban J connectivity index is 1.66. The van der Waals surface area contributed by atoms with Crippen molar-refractivity contribution in [3.63, 3.8) is 0 Å². The molecule has 0 aliphatic heterocycles. The first-order chi connectivity index (χ1) is 13.4. The predicted octanol–water partition coefficient (Wildman–Crippen LogP) is 6.87. The number of carbonyl (C=O) groups is 2. The van der Waals surface area contributed by atoms with Crippen molar-refractivity contribution in [2.24, 2.45) is 0 Å². The quantitative estimate of drug-likeness (QED) is 0.175. The molecule has 0 aromatic heterocycles. The maximum Gasteiger partial charge on any atom is 0.343 e. The number of benzene rings is 3. The summed E-state index contributed by atoms with van der Waals surface area (Å²) in [5.74, 6) is -0.310. The lowest BCUT2D eigenvalue weighted by molar-refractivity contribution is 0.0734. The van der Waals surface area contributed by atoms with Crippen molar-refractivity contribution in [3.05, 3.63) is 104 Å². The van der Waals surface area contributed by atoms with Crippen LogP contribution in [0.15, 0.2) is 77.3 Å². The van der Waals surface area contributed by atoms with Crippen LogP contribution in [0.3, 0.4) is 0 Å². The standard InChI is InChI=1S/C22H13BrCl2O3/c23-17-7-1-16(2-8-17)22(27)28-19-10-4-15(5-11-19)21(26)12-6-14-3-9-18(24)13-20(14)25/h1-13H/b12-6+. The summed E-state index contributed by atoms with van der Waals surface area (Å²) >= 11 is 15.3. The molecule has 0 spiro atoms. The van der Waals surface area contributed by atoms with Crippen LogP contribution in [0, 0.1) is 0 Å². The second-order valence-electron chi connectivity index (χ2n) is 5.78. The van der Waals surface area contributed by atoms with Crippen molar-refractivity contribution in [3.8, 4) is 5.75 Å². The van der Waals surface area contributed by atoms with E-state index in [1.807, 2.05) is 0 Å². The van der Waals surface area contributed by atoms with E-state index in [0.29, 0.717) is 32.5 Å². The molecule has 6 heteroatoms. The molecule has 0 unspecified atom stereocenters. The van der Waals surface area contributed by atoms with E-state index in [0.717, 1.165) is 4.47 Å². The molecule has 0 N–H and O–H groups in total. The molecule has 0 fully saturated rings. The number of hydrogen-bond acceptors (Lipinski definition) is 3. The zero-order chi connectivity index (χ0) is 20.1. The smallest absolute Gasteiger partial charge is 0.343 e. The summed E-state index contributed by atoms with van der Waals surface area (Å²) in [5, 5.41) is 0.994. The molecule has 0 bridgehead atoms. The van der Waals surface area contributed by atoms with Gasteiger partial charge in [-0.3, -0.25) is 4.79 Å². The average molecular weight is 476 g/mol. The lowest BCUT2D eigenvalue weighted by Crippen LogP contribution is -2.08. The molecule has 0 aliphatic carbocycles. The van der Waals surface area contributed by atoms with Crippen molar-refractivity contribution >= 4 is 57.0 Å². The minimum atomic E-state index is -0.469. The second kappa shape index (κ2) is 9.20. The van der Waals surface area contributed by atoms with Gasteiger partial charge in [0.05, 0.1) is 5.56 Å². The van der Waals surface area contributed by atoms with Gasteiger partial charge in [0.25, 0.3) is 0 Å². The molecule has 3 aromatic carbocycles. The van der Waals surface area contributed by atoms with Crippen LogP contribution in [0.5, 0.6) is 5.75 Å². The van der Waals surface area contributed by atoms with Gasteiger partial charge < -0.3 is 4.74 Å². The molecular weight excluding hydrogens is 463 g/mol. The van der Waals surface area contributed by atoms with Crippen LogP contribution in [-0.4, -0.2) is 11.8 Å². The number of hydrogen-bond donors (Lipinski definition) is 0. The summed E-state index contributed by atoms with van der Waals surface area (Å²) < 4.78 is 6.19. The first-order valence-electron chi connectivity index (χ1n) is 8.17. The zero-order valence-corrected chi connectivity index (χ0v) is 17.5. The van der Waals surface area contributed by atoms with E-state index < -0.39 is 5.97 Å². The van der Waals surface area contributed by atoms with Crippen LogP contribution >= 0.6 is 39.1 Å². The van der Waals surface area contributed by atoms with E-state index in [4.69, 9.17) is 27.9 Å². The summed E-state index contributed by atoms with van der Waals surface area (Å²) in [6, 6.07) is 18.2. The molecule has 0 aliphatic rings. The fourth-order valence-corrected chi connectivity index (χ4v) is 3.07. The summed E-state index contributed by atoms with van der Waals surface area (Å²) in [5.41, 5.74) is 1.59. The van der Waals surface area contributed by atoms with Gasteiger partial charge in [-0.25, -0.2) is 4.79 Å². The Bertz CT molecular complexity index is 1040. The van der Waals surface area contributed by atoms with Gasteiger partial charge in [-0.05, 0) is 78.4 Å². The Labute approximate surface area is 180 Å². The van der Waals surface area contributed by atoms with Gasteiger partial charge >= 0.3 is 5.97 Å². The van der Waals surface area contributed by atoms with Gasteiger partial charge in [0.1, 0.15) is 5.75 Å². The maximum absolute atomic E-state index is 12.3. The normalized spacial score (nSPS) is 10.8. The van der Waals surface area contributed by atoms with E-state index in [1.54, 1.807) is 72.8 Å². The van der Waals surface area contributed by atoms with E-state index in [9.17, 15) is 9.59 Å². The second-order valence-corrected chi connectivity index (χ2v) is 7.54. The molecule has 0 saturated heterocycles. The lowest BCUT2D eigenvalue weighted by Gasteiger charge is -2.05.